The van der Waals surface area contributed by atoms with Gasteiger partial charge in [-0.2, -0.15) is 0 Å². The van der Waals surface area contributed by atoms with Crippen molar-refractivity contribution in [1.29, 1.82) is 0 Å². The molecule has 0 atom stereocenters. The second kappa shape index (κ2) is 4.68. The normalized spacial score (nSPS) is 11.3. The minimum atomic E-state index is 1.04. The highest BCUT2D eigenvalue weighted by molar-refractivity contribution is 7.26. The maximum Gasteiger partial charge on any atom is 0.0716 e. The Balaban J connectivity index is 2.11. The Hall–Kier alpha value is -2.19. The molecule has 0 saturated carbocycles. The summed E-state index contributed by atoms with van der Waals surface area (Å²) in [4.78, 5) is 4.51. The maximum absolute atomic E-state index is 4.51. The number of rotatable bonds is 1. The van der Waals surface area contributed by atoms with E-state index >= 15 is 0 Å². The van der Waals surface area contributed by atoms with Crippen molar-refractivity contribution in [3.8, 4) is 11.3 Å². The molecule has 0 aliphatic heterocycles. The van der Waals surface area contributed by atoms with E-state index in [1.165, 1.54) is 36.9 Å². The molecule has 4 aromatic rings. The molecule has 2 heteroatoms. The summed E-state index contributed by atoms with van der Waals surface area (Å²) in [6.07, 6.45) is 1.86. The standard InChI is InChI=1S/C19H15NS/c1-12-10-16-14-6-5-7-15(17-8-3-4-9-20-17)19(14)21-18(16)11-13(12)2/h3-11H,1-2H3. The van der Waals surface area contributed by atoms with E-state index in [1.54, 1.807) is 0 Å². The van der Waals surface area contributed by atoms with Gasteiger partial charge in [0.2, 0.25) is 0 Å². The van der Waals surface area contributed by atoms with Crippen molar-refractivity contribution in [2.24, 2.45) is 0 Å². The maximum atomic E-state index is 4.51. The minimum Gasteiger partial charge on any atom is -0.256 e. The number of pyridine rings is 1. The average Bonchev–Trinajstić information content (AvgIpc) is 2.86. The molecule has 0 unspecified atom stereocenters. The van der Waals surface area contributed by atoms with Gasteiger partial charge in [-0.1, -0.05) is 24.3 Å². The predicted molar refractivity (Wildman–Crippen MR) is 92.0 cm³/mol. The molecule has 0 N–H and O–H groups in total. The molecule has 0 aliphatic carbocycles. The van der Waals surface area contributed by atoms with E-state index in [0.29, 0.717) is 0 Å². The van der Waals surface area contributed by atoms with Crippen molar-refractivity contribution in [2.45, 2.75) is 13.8 Å². The molecule has 21 heavy (non-hydrogen) atoms. The summed E-state index contributed by atoms with van der Waals surface area (Å²) in [6.45, 7) is 4.36. The lowest BCUT2D eigenvalue weighted by atomic mass is 10.0. The third kappa shape index (κ3) is 1.95. The van der Waals surface area contributed by atoms with Crippen LogP contribution in [0.25, 0.3) is 31.4 Å². The lowest BCUT2D eigenvalue weighted by Crippen LogP contribution is -1.81. The summed E-state index contributed by atoms with van der Waals surface area (Å²) in [7, 11) is 0. The zero-order chi connectivity index (χ0) is 14.4. The Morgan fingerprint density at radius 3 is 2.52 bits per heavy atom. The molecule has 2 aromatic heterocycles. The van der Waals surface area contributed by atoms with Crippen LogP contribution in [0.1, 0.15) is 11.1 Å². The van der Waals surface area contributed by atoms with Crippen LogP contribution >= 0.6 is 11.3 Å². The number of hydrogen-bond donors (Lipinski definition) is 0. The number of nitrogens with zero attached hydrogens (tertiary/aromatic N) is 1. The van der Waals surface area contributed by atoms with Crippen LogP contribution in [-0.4, -0.2) is 4.98 Å². The third-order valence-electron chi connectivity index (χ3n) is 4.05. The molecule has 0 saturated heterocycles. The number of benzene rings is 2. The van der Waals surface area contributed by atoms with Crippen LogP contribution in [-0.2, 0) is 0 Å². The fourth-order valence-corrected chi connectivity index (χ4v) is 4.08. The van der Waals surface area contributed by atoms with E-state index in [0.717, 1.165) is 5.69 Å². The molecular formula is C19H15NS. The molecule has 2 aromatic carbocycles. The molecule has 0 spiro atoms. The largest absolute Gasteiger partial charge is 0.256 e. The Kier molecular flexibility index (Phi) is 2.79. The number of fused-ring (bicyclic) bond motifs is 3. The molecule has 1 nitrogen and oxygen atoms in total. The van der Waals surface area contributed by atoms with Gasteiger partial charge in [0.05, 0.1) is 5.69 Å². The predicted octanol–water partition coefficient (Wildman–Crippen LogP) is 5.73. The van der Waals surface area contributed by atoms with Crippen molar-refractivity contribution in [3.05, 3.63) is 65.9 Å². The molecule has 0 aliphatic rings. The quantitative estimate of drug-likeness (QED) is 0.436. The minimum absolute atomic E-state index is 1.04. The number of aromatic nitrogens is 1. The molecule has 0 bridgehead atoms. The Bertz CT molecular complexity index is 952. The number of aryl methyl sites for hydroxylation is 2. The van der Waals surface area contributed by atoms with Crippen LogP contribution in [0.4, 0.5) is 0 Å². The zero-order valence-electron chi connectivity index (χ0n) is 12.1. The third-order valence-corrected chi connectivity index (χ3v) is 5.26. The Morgan fingerprint density at radius 2 is 1.71 bits per heavy atom. The first-order valence-electron chi connectivity index (χ1n) is 7.08. The SMILES string of the molecule is Cc1cc2sc3c(-c4ccccn4)cccc3c2cc1C. The van der Waals surface area contributed by atoms with E-state index in [-0.39, 0.29) is 0 Å². The highest BCUT2D eigenvalue weighted by atomic mass is 32.1. The van der Waals surface area contributed by atoms with Gasteiger partial charge < -0.3 is 0 Å². The molecule has 0 radical (unpaired) electrons. The lowest BCUT2D eigenvalue weighted by Gasteiger charge is -2.02. The van der Waals surface area contributed by atoms with Gasteiger partial charge in [0.1, 0.15) is 0 Å². The second-order valence-electron chi connectivity index (χ2n) is 5.43. The summed E-state index contributed by atoms with van der Waals surface area (Å²) in [5.74, 6) is 0. The van der Waals surface area contributed by atoms with Gasteiger partial charge in [0.25, 0.3) is 0 Å². The van der Waals surface area contributed by atoms with E-state index in [1.807, 2.05) is 29.7 Å². The van der Waals surface area contributed by atoms with E-state index in [4.69, 9.17) is 0 Å². The highest BCUT2D eigenvalue weighted by Crippen LogP contribution is 2.40. The van der Waals surface area contributed by atoms with Crippen LogP contribution < -0.4 is 0 Å². The van der Waals surface area contributed by atoms with Crippen LogP contribution in [0.15, 0.2) is 54.7 Å². The van der Waals surface area contributed by atoms with Crippen LogP contribution in [0.2, 0.25) is 0 Å². The van der Waals surface area contributed by atoms with Gasteiger partial charge >= 0.3 is 0 Å². The topological polar surface area (TPSA) is 12.9 Å². The second-order valence-corrected chi connectivity index (χ2v) is 6.48. The van der Waals surface area contributed by atoms with Crippen LogP contribution in [0, 0.1) is 13.8 Å². The first-order chi connectivity index (χ1) is 10.2. The summed E-state index contributed by atoms with van der Waals surface area (Å²) >= 11 is 1.87. The van der Waals surface area contributed by atoms with Gasteiger partial charge in [-0.25, -0.2) is 0 Å². The molecule has 2 heterocycles. The summed E-state index contributed by atoms with van der Waals surface area (Å²) < 4.78 is 2.69. The monoisotopic (exact) mass is 289 g/mol. The summed E-state index contributed by atoms with van der Waals surface area (Å²) in [5.41, 5.74) is 4.98. The fourth-order valence-electron chi connectivity index (χ4n) is 2.78. The van der Waals surface area contributed by atoms with Crippen molar-refractivity contribution in [2.75, 3.05) is 0 Å². The van der Waals surface area contributed by atoms with Gasteiger partial charge in [-0.15, -0.1) is 11.3 Å². The Morgan fingerprint density at radius 1 is 0.857 bits per heavy atom. The van der Waals surface area contributed by atoms with E-state index in [9.17, 15) is 0 Å². The van der Waals surface area contributed by atoms with Crippen LogP contribution in [0.5, 0.6) is 0 Å². The van der Waals surface area contributed by atoms with Crippen molar-refractivity contribution in [3.63, 3.8) is 0 Å². The molecule has 4 rings (SSSR count). The zero-order valence-corrected chi connectivity index (χ0v) is 12.9. The molecule has 0 amide bonds. The van der Waals surface area contributed by atoms with Crippen molar-refractivity contribution >= 4 is 31.5 Å². The first kappa shape index (κ1) is 12.5. The van der Waals surface area contributed by atoms with Gasteiger partial charge in [0.15, 0.2) is 0 Å². The van der Waals surface area contributed by atoms with Gasteiger partial charge in [-0.05, 0) is 49.2 Å². The van der Waals surface area contributed by atoms with E-state index < -0.39 is 0 Å². The lowest BCUT2D eigenvalue weighted by molar-refractivity contribution is 1.33. The highest BCUT2D eigenvalue weighted by Gasteiger charge is 2.11. The molecule has 102 valence electrons. The average molecular weight is 289 g/mol. The fraction of sp³-hybridized carbons (Fsp3) is 0.105. The van der Waals surface area contributed by atoms with Gasteiger partial charge in [-0.3, -0.25) is 4.98 Å². The molecule has 0 fully saturated rings. The Labute approximate surface area is 127 Å². The number of hydrogen-bond acceptors (Lipinski definition) is 2. The number of thiophene rings is 1. The summed E-state index contributed by atoms with van der Waals surface area (Å²) in [6, 6.07) is 17.2. The van der Waals surface area contributed by atoms with Crippen molar-refractivity contribution < 1.29 is 0 Å². The van der Waals surface area contributed by atoms with Crippen molar-refractivity contribution in [1.82, 2.24) is 4.98 Å². The van der Waals surface area contributed by atoms with E-state index in [2.05, 4.69) is 55.2 Å². The molecular weight excluding hydrogens is 274 g/mol. The first-order valence-corrected chi connectivity index (χ1v) is 7.89. The smallest absolute Gasteiger partial charge is 0.0716 e. The van der Waals surface area contributed by atoms with Crippen LogP contribution in [0.3, 0.4) is 0 Å². The van der Waals surface area contributed by atoms with Gasteiger partial charge in [0, 0.05) is 31.9 Å². The summed E-state index contributed by atoms with van der Waals surface area (Å²) in [5, 5.41) is 2.69.